The number of aliphatic hydroxyl groups excluding tert-OH is 2. The smallest absolute Gasteiger partial charge is 0.434 e. The summed E-state index contributed by atoms with van der Waals surface area (Å²) in [4.78, 5) is 62.7. The zero-order chi connectivity index (χ0) is 42.8. The number of rotatable bonds is 16. The molecular weight excluding hydrogens is 796 g/mol. The van der Waals surface area contributed by atoms with E-state index >= 15 is 0 Å². The van der Waals surface area contributed by atoms with Crippen molar-refractivity contribution in [1.82, 2.24) is 14.3 Å². The zero-order valence-electron chi connectivity index (χ0n) is 33.3. The van der Waals surface area contributed by atoms with E-state index in [-0.39, 0.29) is 12.2 Å². The van der Waals surface area contributed by atoms with E-state index in [2.05, 4.69) is 5.16 Å². The first kappa shape index (κ1) is 46.1. The number of hydrogen-bond donors (Lipinski definition) is 3. The molecule has 4 rings (SSSR count). The molecule has 1 aliphatic heterocycles. The van der Waals surface area contributed by atoms with Gasteiger partial charge >= 0.3 is 33.3 Å². The van der Waals surface area contributed by atoms with Crippen LogP contribution in [0, 0.1) is 22.7 Å². The third-order valence-electron chi connectivity index (χ3n) is 8.30. The average molecular weight is 848 g/mol. The minimum Gasteiger partial charge on any atom is -0.434 e. The van der Waals surface area contributed by atoms with Crippen molar-refractivity contribution in [3.05, 3.63) is 63.1 Å². The van der Waals surface area contributed by atoms with Crippen molar-refractivity contribution in [3.8, 4) is 0 Å². The van der Waals surface area contributed by atoms with Crippen LogP contribution in [0.15, 0.2) is 50.6 Å². The molecule has 3 aromatic rings. The molecule has 1 aliphatic rings. The Morgan fingerprint density at radius 2 is 1.42 bits per heavy atom. The highest BCUT2D eigenvalue weighted by Gasteiger charge is 2.49. The number of aliphatic hydroxyl groups is 2. The Balaban J connectivity index is 1.56. The van der Waals surface area contributed by atoms with Gasteiger partial charge in [-0.2, -0.15) is 4.31 Å². The quantitative estimate of drug-likeness (QED) is 0.103. The molecule has 0 radical (unpaired) electrons. The Morgan fingerprint density at radius 1 is 0.877 bits per heavy atom. The van der Waals surface area contributed by atoms with Gasteiger partial charge in [0.25, 0.3) is 5.56 Å². The number of carbonyl (C=O) groups excluding carboxylic acids is 2. The zero-order valence-corrected chi connectivity index (χ0v) is 35.1. The number of ether oxygens (including phenoxy) is 3. The molecule has 7 atom stereocenters. The minimum atomic E-state index is -5.58. The summed E-state index contributed by atoms with van der Waals surface area (Å²) < 4.78 is 72.1. The van der Waals surface area contributed by atoms with Crippen LogP contribution in [-0.4, -0.2) is 78.8 Å². The van der Waals surface area contributed by atoms with Crippen molar-refractivity contribution in [3.63, 3.8) is 0 Å². The first-order valence-corrected chi connectivity index (χ1v) is 20.9. The van der Waals surface area contributed by atoms with E-state index < -0.39 is 105 Å². The number of carbonyl (C=O) groups is 2. The molecule has 22 heteroatoms. The van der Waals surface area contributed by atoms with Crippen molar-refractivity contribution in [2.75, 3.05) is 6.61 Å². The number of fused-ring (bicyclic) bond motifs is 1. The lowest BCUT2D eigenvalue weighted by molar-refractivity contribution is -0.191. The molecule has 57 heavy (non-hydrogen) atoms. The summed E-state index contributed by atoms with van der Waals surface area (Å²) in [5, 5.41) is 26.2. The number of nitrogens with zero attached hydrogens (tertiary/aromatic N) is 3. The summed E-state index contributed by atoms with van der Waals surface area (Å²) in [6, 6.07) is 7.80. The van der Waals surface area contributed by atoms with Gasteiger partial charge in [0, 0.05) is 29.5 Å². The van der Waals surface area contributed by atoms with Gasteiger partial charge in [0.15, 0.2) is 11.8 Å². The molecule has 0 amide bonds. The molecule has 1 saturated heterocycles. The fraction of sp³-hybridized carbons (Fsp3) is 0.629. The fourth-order valence-electron chi connectivity index (χ4n) is 4.93. The van der Waals surface area contributed by atoms with E-state index in [9.17, 15) is 43.4 Å². The summed E-state index contributed by atoms with van der Waals surface area (Å²) in [7, 11) is -11.0. The van der Waals surface area contributed by atoms with Crippen LogP contribution < -0.4 is 11.2 Å². The van der Waals surface area contributed by atoms with Gasteiger partial charge in [-0.3, -0.25) is 28.0 Å². The van der Waals surface area contributed by atoms with E-state index in [0.717, 1.165) is 21.4 Å². The van der Waals surface area contributed by atoms with E-state index in [4.69, 9.17) is 36.6 Å². The second kappa shape index (κ2) is 17.7. The Bertz CT molecular complexity index is 2070. The van der Waals surface area contributed by atoms with Crippen LogP contribution in [0.5, 0.6) is 0 Å². The summed E-state index contributed by atoms with van der Waals surface area (Å²) in [6.45, 7) is 14.0. The van der Waals surface area contributed by atoms with Crippen LogP contribution in [-0.2, 0) is 57.4 Å². The van der Waals surface area contributed by atoms with Gasteiger partial charge in [0.2, 0.25) is 12.6 Å². The molecule has 0 aliphatic carbocycles. The molecule has 5 unspecified atom stereocenters. The molecule has 0 spiro atoms. The minimum absolute atomic E-state index is 0.268. The second-order valence-electron chi connectivity index (χ2n) is 16.1. The van der Waals surface area contributed by atoms with E-state index in [1.54, 1.807) is 65.8 Å². The predicted octanol–water partition coefficient (Wildman–Crippen LogP) is 4.24. The molecule has 1 fully saturated rings. The van der Waals surface area contributed by atoms with Crippen molar-refractivity contribution in [1.29, 1.82) is 0 Å². The highest BCUT2D eigenvalue weighted by atomic mass is 31.3. The molecule has 3 heterocycles. The Hall–Kier alpha value is -3.55. The van der Waals surface area contributed by atoms with Gasteiger partial charge in [-0.25, -0.2) is 23.0 Å². The summed E-state index contributed by atoms with van der Waals surface area (Å²) in [5.74, 6) is -3.06. The normalized spacial score (nSPS) is 22.3. The lowest BCUT2D eigenvalue weighted by Gasteiger charge is -2.32. The Labute approximate surface area is 328 Å². The monoisotopic (exact) mass is 847 g/mol. The molecular formula is C35H51N3O17P2. The molecule has 1 aromatic carbocycles. The summed E-state index contributed by atoms with van der Waals surface area (Å²) >= 11 is 0. The van der Waals surface area contributed by atoms with Crippen LogP contribution in [0.2, 0.25) is 0 Å². The number of hydrogen-bond acceptors (Lipinski definition) is 17. The van der Waals surface area contributed by atoms with Crippen LogP contribution in [0.25, 0.3) is 11.0 Å². The third kappa shape index (κ3) is 11.6. The summed E-state index contributed by atoms with van der Waals surface area (Å²) in [5.41, 5.74) is -3.10. The first-order chi connectivity index (χ1) is 26.2. The van der Waals surface area contributed by atoms with Gasteiger partial charge < -0.3 is 33.8 Å². The maximum Gasteiger partial charge on any atom is 0.490 e. The fourth-order valence-corrected chi connectivity index (χ4v) is 7.90. The van der Waals surface area contributed by atoms with Gasteiger partial charge in [-0.15, -0.1) is 0 Å². The largest absolute Gasteiger partial charge is 0.490 e. The number of benzene rings is 1. The first-order valence-electron chi connectivity index (χ1n) is 18.0. The van der Waals surface area contributed by atoms with Crippen molar-refractivity contribution >= 4 is 38.6 Å². The Kier molecular flexibility index (Phi) is 14.4. The number of phosphoric acid groups is 2. The average Bonchev–Trinajstić information content (AvgIpc) is 3.63. The molecule has 0 bridgehead atoms. The maximum atomic E-state index is 14.3. The van der Waals surface area contributed by atoms with Gasteiger partial charge in [0.1, 0.15) is 24.0 Å². The van der Waals surface area contributed by atoms with Crippen molar-refractivity contribution in [2.45, 2.75) is 113 Å². The SMILES string of the molecule is CC(C)C(OC(=O)C(C)(C)C)OP(=O)(OC(OC(=O)C(C)(C)C)C(C)C)OP(=O)(O)OC[C@H]1O[C@@H](n2ccc(=O)n(Cc3noc4ccccc34)c2=O)C(O)C1O. The lowest BCUT2D eigenvalue weighted by atomic mass is 9.97. The highest BCUT2D eigenvalue weighted by molar-refractivity contribution is 7.61. The van der Waals surface area contributed by atoms with Gasteiger partial charge in [0.05, 0.1) is 24.0 Å². The highest BCUT2D eigenvalue weighted by Crippen LogP contribution is 2.65. The third-order valence-corrected chi connectivity index (χ3v) is 11.3. The van der Waals surface area contributed by atoms with E-state index in [0.29, 0.717) is 11.0 Å². The van der Waals surface area contributed by atoms with E-state index in [1.165, 1.54) is 27.7 Å². The molecule has 20 nitrogen and oxygen atoms in total. The Morgan fingerprint density at radius 3 is 1.95 bits per heavy atom. The van der Waals surface area contributed by atoms with E-state index in [1.807, 2.05) is 0 Å². The second-order valence-corrected chi connectivity index (χ2v) is 19.3. The van der Waals surface area contributed by atoms with Gasteiger partial charge in [-0.05, 0) is 53.7 Å². The number of esters is 2. The topological polar surface area (TPSA) is 264 Å². The van der Waals surface area contributed by atoms with Crippen molar-refractivity contribution in [2.24, 2.45) is 22.7 Å². The number of para-hydroxylation sites is 1. The summed E-state index contributed by atoms with van der Waals surface area (Å²) in [6.07, 6.45) is -9.26. The van der Waals surface area contributed by atoms with Gasteiger partial charge in [-0.1, -0.05) is 45.0 Å². The lowest BCUT2D eigenvalue weighted by Crippen LogP contribution is -2.43. The van der Waals surface area contributed by atoms with Crippen molar-refractivity contribution < 1.29 is 70.4 Å². The number of phosphoric ester groups is 2. The molecule has 0 saturated carbocycles. The molecule has 2 aromatic heterocycles. The maximum absolute atomic E-state index is 14.3. The van der Waals surface area contributed by atoms with Crippen LogP contribution in [0.1, 0.15) is 81.2 Å². The van der Waals surface area contributed by atoms with Crippen LogP contribution in [0.4, 0.5) is 0 Å². The molecule has 318 valence electrons. The van der Waals surface area contributed by atoms with Crippen LogP contribution >= 0.6 is 15.6 Å². The standard InChI is InChI=1S/C35H51N3O17P2/c1-19(2)29(50-31(42)34(5,6)7)53-57(47,54-30(20(3)4)51-32(43)35(8,9)10)55-56(45,46)48-18-24-26(40)27(41)28(49-24)37-16-15-25(39)38(33(37)44)17-22-21-13-11-12-14-23(21)52-36-22/h11-16,19-20,24,26-30,40-41H,17-18H2,1-10H3,(H,45,46)/t24-,26?,27?,28-,29?,30?,57?/m1/s1. The number of aromatic nitrogens is 3. The predicted molar refractivity (Wildman–Crippen MR) is 199 cm³/mol. The van der Waals surface area contributed by atoms with Crippen LogP contribution in [0.3, 0.4) is 0 Å². The molecule has 3 N–H and O–H groups in total.